The molecule has 18 heavy (non-hydrogen) atoms. The molecule has 1 aliphatic rings. The maximum absolute atomic E-state index is 13.7. The Bertz CT molecular complexity index is 582. The van der Waals surface area contributed by atoms with Gasteiger partial charge in [0.25, 0.3) is 0 Å². The Kier molecular flexibility index (Phi) is 3.06. The summed E-state index contributed by atoms with van der Waals surface area (Å²) in [5.41, 5.74) is 3.76. The van der Waals surface area contributed by atoms with Gasteiger partial charge in [-0.15, -0.1) is 11.6 Å². The average molecular weight is 263 g/mol. The van der Waals surface area contributed by atoms with Crippen LogP contribution in [0.5, 0.6) is 0 Å². The van der Waals surface area contributed by atoms with Crippen LogP contribution < -0.4 is 0 Å². The molecule has 0 aromatic heterocycles. The van der Waals surface area contributed by atoms with Crippen molar-refractivity contribution in [2.24, 2.45) is 0 Å². The number of ether oxygens (including phenoxy) is 1. The minimum atomic E-state index is -0.461. The summed E-state index contributed by atoms with van der Waals surface area (Å²) in [4.78, 5) is 0. The Hall–Kier alpha value is -1.38. The first kappa shape index (κ1) is 11.7. The zero-order valence-electron chi connectivity index (χ0n) is 9.70. The molecule has 0 N–H and O–H groups in total. The molecule has 1 nitrogen and oxygen atoms in total. The molecular formula is C15H12ClFO. The fraction of sp³-hybridized carbons (Fsp3) is 0.200. The fourth-order valence-corrected chi connectivity index (χ4v) is 2.52. The molecule has 2 aromatic rings. The molecule has 1 atom stereocenters. The van der Waals surface area contributed by atoms with E-state index in [1.54, 1.807) is 18.2 Å². The van der Waals surface area contributed by atoms with Gasteiger partial charge in [-0.2, -0.15) is 0 Å². The molecule has 3 rings (SSSR count). The highest BCUT2D eigenvalue weighted by Gasteiger charge is 2.18. The third-order valence-corrected chi connectivity index (χ3v) is 3.70. The van der Waals surface area contributed by atoms with Crippen molar-refractivity contribution in [3.63, 3.8) is 0 Å². The number of fused-ring (bicyclic) bond motifs is 1. The zero-order valence-corrected chi connectivity index (χ0v) is 10.5. The Balaban J connectivity index is 1.98. The Morgan fingerprint density at radius 3 is 2.67 bits per heavy atom. The van der Waals surface area contributed by atoms with Crippen LogP contribution in [0.1, 0.15) is 27.6 Å². The number of hydrogen-bond acceptors (Lipinski definition) is 1. The number of hydrogen-bond donors (Lipinski definition) is 0. The summed E-state index contributed by atoms with van der Waals surface area (Å²) in [6.45, 7) is 1.27. The monoisotopic (exact) mass is 262 g/mol. The lowest BCUT2D eigenvalue weighted by atomic mass is 10.00. The van der Waals surface area contributed by atoms with Crippen LogP contribution in [-0.4, -0.2) is 0 Å². The van der Waals surface area contributed by atoms with E-state index in [-0.39, 0.29) is 5.82 Å². The van der Waals surface area contributed by atoms with E-state index in [4.69, 9.17) is 16.3 Å². The summed E-state index contributed by atoms with van der Waals surface area (Å²) >= 11 is 6.36. The molecule has 0 bridgehead atoms. The minimum absolute atomic E-state index is 0.269. The zero-order chi connectivity index (χ0) is 12.5. The van der Waals surface area contributed by atoms with Gasteiger partial charge in [0.1, 0.15) is 5.82 Å². The third-order valence-electron chi connectivity index (χ3n) is 3.22. The highest BCUT2D eigenvalue weighted by Crippen LogP contribution is 2.33. The second kappa shape index (κ2) is 4.71. The highest BCUT2D eigenvalue weighted by atomic mass is 35.5. The lowest BCUT2D eigenvalue weighted by Gasteiger charge is -2.12. The highest BCUT2D eigenvalue weighted by molar-refractivity contribution is 6.22. The van der Waals surface area contributed by atoms with E-state index < -0.39 is 5.38 Å². The van der Waals surface area contributed by atoms with Gasteiger partial charge in [0.15, 0.2) is 0 Å². The van der Waals surface area contributed by atoms with Gasteiger partial charge in [-0.05, 0) is 22.8 Å². The predicted molar refractivity (Wildman–Crippen MR) is 69.0 cm³/mol. The van der Waals surface area contributed by atoms with E-state index in [2.05, 4.69) is 0 Å². The maximum atomic E-state index is 13.7. The molecule has 92 valence electrons. The normalized spacial score (nSPS) is 15.4. The van der Waals surface area contributed by atoms with Crippen LogP contribution in [0.2, 0.25) is 0 Å². The van der Waals surface area contributed by atoms with Crippen LogP contribution in [0.4, 0.5) is 4.39 Å². The Labute approximate surface area is 110 Å². The predicted octanol–water partition coefficient (Wildman–Crippen LogP) is 4.18. The van der Waals surface area contributed by atoms with Crippen molar-refractivity contribution in [1.29, 1.82) is 0 Å². The molecule has 2 aromatic carbocycles. The summed E-state index contributed by atoms with van der Waals surface area (Å²) < 4.78 is 19.1. The number of benzene rings is 2. The average Bonchev–Trinajstić information content (AvgIpc) is 2.85. The van der Waals surface area contributed by atoms with Crippen molar-refractivity contribution in [3.05, 3.63) is 70.5 Å². The van der Waals surface area contributed by atoms with Gasteiger partial charge in [-0.3, -0.25) is 0 Å². The quantitative estimate of drug-likeness (QED) is 0.738. The van der Waals surface area contributed by atoms with Gasteiger partial charge in [0.2, 0.25) is 0 Å². The number of halogens is 2. The van der Waals surface area contributed by atoms with Gasteiger partial charge in [-0.1, -0.05) is 36.4 Å². The van der Waals surface area contributed by atoms with Crippen molar-refractivity contribution in [3.8, 4) is 0 Å². The van der Waals surface area contributed by atoms with Gasteiger partial charge in [0.05, 0.1) is 18.6 Å². The van der Waals surface area contributed by atoms with E-state index in [0.717, 1.165) is 11.1 Å². The van der Waals surface area contributed by atoms with E-state index in [1.807, 2.05) is 18.2 Å². The molecule has 3 heteroatoms. The molecule has 0 spiro atoms. The first-order valence-electron chi connectivity index (χ1n) is 5.83. The first-order chi connectivity index (χ1) is 8.75. The molecule has 1 aliphatic heterocycles. The van der Waals surface area contributed by atoms with Crippen LogP contribution in [0.15, 0.2) is 42.5 Å². The summed E-state index contributed by atoms with van der Waals surface area (Å²) in [5, 5.41) is -0.461. The lowest BCUT2D eigenvalue weighted by molar-refractivity contribution is 0.134. The fourth-order valence-electron chi connectivity index (χ4n) is 2.21. The van der Waals surface area contributed by atoms with Gasteiger partial charge in [-0.25, -0.2) is 4.39 Å². The Morgan fingerprint density at radius 1 is 1.06 bits per heavy atom. The Morgan fingerprint density at radius 2 is 1.83 bits per heavy atom. The largest absolute Gasteiger partial charge is 0.372 e. The number of alkyl halides is 1. The van der Waals surface area contributed by atoms with Crippen molar-refractivity contribution >= 4 is 11.6 Å². The number of rotatable bonds is 2. The smallest absolute Gasteiger partial charge is 0.128 e. The van der Waals surface area contributed by atoms with E-state index in [0.29, 0.717) is 18.8 Å². The SMILES string of the molecule is Fc1ccccc1C(Cl)c1ccc2c(c1)COC2. The molecule has 0 radical (unpaired) electrons. The molecular weight excluding hydrogens is 251 g/mol. The first-order valence-corrected chi connectivity index (χ1v) is 6.27. The van der Waals surface area contributed by atoms with Crippen LogP contribution in [0.3, 0.4) is 0 Å². The standard InChI is InChI=1S/C15H12ClFO/c16-15(13-3-1-2-4-14(13)17)10-5-6-11-8-18-9-12(11)7-10/h1-7,15H,8-9H2. The van der Waals surface area contributed by atoms with E-state index in [9.17, 15) is 4.39 Å². The summed E-state index contributed by atoms with van der Waals surface area (Å²) in [7, 11) is 0. The second-order valence-electron chi connectivity index (χ2n) is 4.41. The lowest BCUT2D eigenvalue weighted by Crippen LogP contribution is -1.98. The molecule has 0 fully saturated rings. The molecule has 1 unspecified atom stereocenters. The van der Waals surface area contributed by atoms with E-state index in [1.165, 1.54) is 11.6 Å². The van der Waals surface area contributed by atoms with E-state index >= 15 is 0 Å². The van der Waals surface area contributed by atoms with Crippen molar-refractivity contribution in [2.45, 2.75) is 18.6 Å². The van der Waals surface area contributed by atoms with Crippen molar-refractivity contribution in [1.82, 2.24) is 0 Å². The molecule has 0 amide bonds. The van der Waals surface area contributed by atoms with Gasteiger partial charge >= 0.3 is 0 Å². The molecule has 0 saturated carbocycles. The van der Waals surface area contributed by atoms with Crippen molar-refractivity contribution in [2.75, 3.05) is 0 Å². The topological polar surface area (TPSA) is 9.23 Å². The van der Waals surface area contributed by atoms with Gasteiger partial charge in [0, 0.05) is 5.56 Å². The summed E-state index contributed by atoms with van der Waals surface area (Å²) in [5.74, 6) is -0.269. The summed E-state index contributed by atoms with van der Waals surface area (Å²) in [6.07, 6.45) is 0. The molecule has 1 heterocycles. The van der Waals surface area contributed by atoms with Crippen LogP contribution >= 0.6 is 11.6 Å². The van der Waals surface area contributed by atoms with Crippen LogP contribution in [0.25, 0.3) is 0 Å². The summed E-state index contributed by atoms with van der Waals surface area (Å²) in [6, 6.07) is 12.6. The van der Waals surface area contributed by atoms with Crippen LogP contribution in [-0.2, 0) is 18.0 Å². The molecule has 0 saturated heterocycles. The second-order valence-corrected chi connectivity index (χ2v) is 4.84. The third kappa shape index (κ3) is 2.02. The maximum Gasteiger partial charge on any atom is 0.128 e. The van der Waals surface area contributed by atoms with Crippen molar-refractivity contribution < 1.29 is 9.13 Å². The van der Waals surface area contributed by atoms with Gasteiger partial charge < -0.3 is 4.74 Å². The molecule has 0 aliphatic carbocycles. The minimum Gasteiger partial charge on any atom is -0.372 e. The van der Waals surface area contributed by atoms with Crippen LogP contribution in [0, 0.1) is 5.82 Å².